The Hall–Kier alpha value is -1.08. The highest BCUT2D eigenvalue weighted by atomic mass is 35.5. The molecule has 0 aliphatic rings. The Bertz CT molecular complexity index is 708. The van der Waals surface area contributed by atoms with Crippen LogP contribution in [0, 0.1) is 3.95 Å². The Morgan fingerprint density at radius 1 is 1.47 bits per heavy atom. The number of carbonyl (C=O) groups is 1. The molecule has 0 aliphatic carbocycles. The number of rotatable bonds is 2. The van der Waals surface area contributed by atoms with Gasteiger partial charge in [-0.05, 0) is 30.4 Å². The molecule has 1 aromatic heterocycles. The van der Waals surface area contributed by atoms with Crippen LogP contribution in [-0.4, -0.2) is 10.5 Å². The maximum atomic E-state index is 12.1. The third kappa shape index (κ3) is 2.92. The largest absolute Gasteiger partial charge is 0.384 e. The lowest BCUT2D eigenvalue weighted by Crippen LogP contribution is -2.13. The molecule has 2 rings (SSSR count). The third-order valence-corrected chi connectivity index (χ3v) is 4.56. The summed E-state index contributed by atoms with van der Waals surface area (Å²) in [6, 6.07) is 4.81. The molecule has 0 fully saturated rings. The second-order valence-corrected chi connectivity index (χ2v) is 6.21. The predicted octanol–water partition coefficient (Wildman–Crippen LogP) is 3.96. The lowest BCUT2D eigenvalue weighted by atomic mass is 10.3. The minimum absolute atomic E-state index is 0.331. The minimum atomic E-state index is -0.349. The number of hydrogen-bond donors (Lipinski definition) is 2. The van der Waals surface area contributed by atoms with E-state index in [1.165, 1.54) is 0 Å². The van der Waals surface area contributed by atoms with Crippen LogP contribution in [0.5, 0.6) is 0 Å². The Kier molecular flexibility index (Phi) is 4.15. The van der Waals surface area contributed by atoms with Crippen molar-refractivity contribution in [3.05, 3.63) is 37.1 Å². The van der Waals surface area contributed by atoms with Crippen LogP contribution in [-0.2, 0) is 7.05 Å². The number of nitrogens with one attached hydrogen (secondary N) is 1. The molecule has 0 spiro atoms. The molecule has 1 amide bonds. The Balaban J connectivity index is 2.31. The molecule has 3 N–H and O–H groups in total. The second kappa shape index (κ2) is 5.50. The summed E-state index contributed by atoms with van der Waals surface area (Å²) >= 11 is 18.0. The van der Waals surface area contributed by atoms with E-state index in [0.717, 1.165) is 11.3 Å². The lowest BCUT2D eigenvalue weighted by Gasteiger charge is -2.06. The quantitative estimate of drug-likeness (QED) is 0.818. The van der Waals surface area contributed by atoms with E-state index in [2.05, 4.69) is 5.32 Å². The van der Waals surface area contributed by atoms with E-state index < -0.39 is 0 Å². The van der Waals surface area contributed by atoms with E-state index in [4.69, 9.17) is 41.2 Å². The normalized spacial score (nSPS) is 10.5. The van der Waals surface area contributed by atoms with Gasteiger partial charge in [0.1, 0.15) is 10.7 Å². The van der Waals surface area contributed by atoms with Crippen molar-refractivity contribution in [1.29, 1.82) is 0 Å². The number of amides is 1. The van der Waals surface area contributed by atoms with E-state index in [-0.39, 0.29) is 5.91 Å². The summed E-state index contributed by atoms with van der Waals surface area (Å²) in [7, 11) is 1.71. The molecule has 8 heteroatoms. The number of nitrogens with zero attached hydrogens (tertiary/aromatic N) is 1. The van der Waals surface area contributed by atoms with Gasteiger partial charge in [-0.15, -0.1) is 0 Å². The number of carbonyl (C=O) groups excluding carboxylic acids is 1. The highest BCUT2D eigenvalue weighted by Gasteiger charge is 2.16. The molecule has 2 aromatic rings. The molecular formula is C11H9Cl2N3OS2. The summed E-state index contributed by atoms with van der Waals surface area (Å²) < 4.78 is 2.11. The zero-order valence-corrected chi connectivity index (χ0v) is 12.9. The molecule has 0 aliphatic heterocycles. The Labute approximate surface area is 128 Å². The molecule has 0 bridgehead atoms. The summed E-state index contributed by atoms with van der Waals surface area (Å²) in [5.74, 6) is -0.0176. The molecule has 1 heterocycles. The Morgan fingerprint density at radius 2 is 2.16 bits per heavy atom. The second-order valence-electron chi connectivity index (χ2n) is 3.72. The number of anilines is 2. The molecule has 0 atom stereocenters. The van der Waals surface area contributed by atoms with Crippen LogP contribution in [0.4, 0.5) is 11.5 Å². The van der Waals surface area contributed by atoms with Crippen molar-refractivity contribution in [2.45, 2.75) is 0 Å². The van der Waals surface area contributed by atoms with Gasteiger partial charge in [0.15, 0.2) is 3.95 Å². The lowest BCUT2D eigenvalue weighted by molar-refractivity contribution is 0.103. The highest BCUT2D eigenvalue weighted by Crippen LogP contribution is 2.27. The first-order chi connectivity index (χ1) is 8.90. The van der Waals surface area contributed by atoms with Gasteiger partial charge in [-0.2, -0.15) is 0 Å². The van der Waals surface area contributed by atoms with Crippen molar-refractivity contribution < 1.29 is 4.79 Å². The van der Waals surface area contributed by atoms with Crippen molar-refractivity contribution in [2.24, 2.45) is 7.05 Å². The molecule has 100 valence electrons. The molecular weight excluding hydrogens is 325 g/mol. The van der Waals surface area contributed by atoms with E-state index in [1.54, 1.807) is 29.8 Å². The molecule has 1 aromatic carbocycles. The first kappa shape index (κ1) is 14.3. The smallest absolute Gasteiger partial charge is 0.269 e. The van der Waals surface area contributed by atoms with Crippen LogP contribution in [0.1, 0.15) is 9.67 Å². The summed E-state index contributed by atoms with van der Waals surface area (Å²) in [5.41, 5.74) is 6.28. The number of thiazole rings is 1. The third-order valence-electron chi connectivity index (χ3n) is 2.44. The zero-order valence-electron chi connectivity index (χ0n) is 9.74. The number of benzene rings is 1. The van der Waals surface area contributed by atoms with Crippen LogP contribution in [0.15, 0.2) is 18.2 Å². The molecule has 0 radical (unpaired) electrons. The number of halogens is 2. The van der Waals surface area contributed by atoms with Gasteiger partial charge in [-0.1, -0.05) is 34.5 Å². The van der Waals surface area contributed by atoms with Crippen LogP contribution < -0.4 is 11.1 Å². The molecule has 0 saturated carbocycles. The number of hydrogen-bond acceptors (Lipinski definition) is 4. The van der Waals surface area contributed by atoms with Gasteiger partial charge in [-0.25, -0.2) is 0 Å². The fraction of sp³-hybridized carbons (Fsp3) is 0.0909. The van der Waals surface area contributed by atoms with Gasteiger partial charge < -0.3 is 15.6 Å². The summed E-state index contributed by atoms with van der Waals surface area (Å²) in [6.07, 6.45) is 0. The molecule has 4 nitrogen and oxygen atoms in total. The number of nitrogen functional groups attached to an aromatic ring is 1. The van der Waals surface area contributed by atoms with Gasteiger partial charge in [0.05, 0.1) is 10.7 Å². The van der Waals surface area contributed by atoms with E-state index in [0.29, 0.717) is 30.4 Å². The molecule has 0 saturated heterocycles. The fourth-order valence-corrected chi connectivity index (χ4v) is 2.99. The standard InChI is InChI=1S/C11H9Cl2N3OS2/c1-16-9(14)8(19-11(16)18)10(17)15-7-3-2-5(12)4-6(7)13/h2-4H,14H2,1H3,(H,15,17). The predicted molar refractivity (Wildman–Crippen MR) is 83.0 cm³/mol. The first-order valence-corrected chi connectivity index (χ1v) is 7.10. The van der Waals surface area contributed by atoms with Crippen LogP contribution in [0.2, 0.25) is 10.0 Å². The zero-order chi connectivity index (χ0) is 14.2. The highest BCUT2D eigenvalue weighted by molar-refractivity contribution is 7.73. The topological polar surface area (TPSA) is 60.0 Å². The van der Waals surface area contributed by atoms with Crippen molar-refractivity contribution in [3.63, 3.8) is 0 Å². The van der Waals surface area contributed by atoms with Gasteiger partial charge in [0.25, 0.3) is 5.91 Å². The minimum Gasteiger partial charge on any atom is -0.384 e. The Morgan fingerprint density at radius 3 is 2.68 bits per heavy atom. The molecule has 19 heavy (non-hydrogen) atoms. The average molecular weight is 334 g/mol. The first-order valence-electron chi connectivity index (χ1n) is 5.12. The number of nitrogens with two attached hydrogens (primary N) is 1. The van der Waals surface area contributed by atoms with Crippen molar-refractivity contribution in [2.75, 3.05) is 11.1 Å². The van der Waals surface area contributed by atoms with Crippen molar-refractivity contribution >= 4 is 64.2 Å². The summed E-state index contributed by atoms with van der Waals surface area (Å²) in [6.45, 7) is 0. The SMILES string of the molecule is Cn1c(N)c(C(=O)Nc2ccc(Cl)cc2Cl)sc1=S. The maximum absolute atomic E-state index is 12.1. The van der Waals surface area contributed by atoms with E-state index >= 15 is 0 Å². The van der Waals surface area contributed by atoms with Crippen LogP contribution in [0.3, 0.4) is 0 Å². The average Bonchev–Trinajstić information content (AvgIpc) is 2.60. The van der Waals surface area contributed by atoms with E-state index in [1.807, 2.05) is 0 Å². The van der Waals surface area contributed by atoms with Crippen LogP contribution in [0.25, 0.3) is 0 Å². The van der Waals surface area contributed by atoms with Gasteiger partial charge in [-0.3, -0.25) is 4.79 Å². The molecule has 0 unspecified atom stereocenters. The summed E-state index contributed by atoms with van der Waals surface area (Å²) in [4.78, 5) is 12.5. The van der Waals surface area contributed by atoms with Crippen molar-refractivity contribution in [3.8, 4) is 0 Å². The fourth-order valence-electron chi connectivity index (χ4n) is 1.39. The maximum Gasteiger partial charge on any atom is 0.269 e. The monoisotopic (exact) mass is 333 g/mol. The van der Waals surface area contributed by atoms with Crippen molar-refractivity contribution in [1.82, 2.24) is 4.57 Å². The van der Waals surface area contributed by atoms with Crippen LogP contribution >= 0.6 is 46.8 Å². The van der Waals surface area contributed by atoms with E-state index in [9.17, 15) is 4.79 Å². The van der Waals surface area contributed by atoms with Gasteiger partial charge in [0.2, 0.25) is 0 Å². The number of aromatic nitrogens is 1. The van der Waals surface area contributed by atoms with Gasteiger partial charge in [0, 0.05) is 12.1 Å². The summed E-state index contributed by atoms with van der Waals surface area (Å²) in [5, 5.41) is 3.53. The van der Waals surface area contributed by atoms with Gasteiger partial charge >= 0.3 is 0 Å².